The predicted molar refractivity (Wildman–Crippen MR) is 81.8 cm³/mol. The third kappa shape index (κ3) is 2.78. The van der Waals surface area contributed by atoms with Crippen molar-refractivity contribution >= 4 is 17.2 Å². The van der Waals surface area contributed by atoms with Crippen molar-refractivity contribution in [3.8, 4) is 0 Å². The molecule has 1 atom stereocenters. The summed E-state index contributed by atoms with van der Waals surface area (Å²) < 4.78 is 5.86. The molecule has 2 aliphatic rings. The van der Waals surface area contributed by atoms with Crippen LogP contribution in [0.4, 0.5) is 5.82 Å². The summed E-state index contributed by atoms with van der Waals surface area (Å²) in [5.74, 6) is 2.64. The van der Waals surface area contributed by atoms with Gasteiger partial charge in [-0.25, -0.2) is 15.0 Å². The van der Waals surface area contributed by atoms with Crippen LogP contribution in [-0.2, 0) is 4.74 Å². The van der Waals surface area contributed by atoms with Gasteiger partial charge in [-0.2, -0.15) is 0 Å². The zero-order chi connectivity index (χ0) is 14.2. The highest BCUT2D eigenvalue weighted by atomic mass is 32.1. The predicted octanol–water partition coefficient (Wildman–Crippen LogP) is 2.70. The molecule has 1 aliphatic carbocycles. The Hall–Kier alpha value is -1.53. The number of hydrogen-bond donors (Lipinski definition) is 0. The molecule has 4 rings (SSSR count). The van der Waals surface area contributed by atoms with Gasteiger partial charge >= 0.3 is 0 Å². The summed E-state index contributed by atoms with van der Waals surface area (Å²) >= 11 is 1.65. The van der Waals surface area contributed by atoms with Gasteiger partial charge in [0.1, 0.15) is 22.8 Å². The highest BCUT2D eigenvalue weighted by Gasteiger charge is 2.29. The first-order valence-corrected chi connectivity index (χ1v) is 8.29. The van der Waals surface area contributed by atoms with Crippen molar-refractivity contribution in [3.05, 3.63) is 34.2 Å². The Morgan fingerprint density at radius 2 is 2.24 bits per heavy atom. The summed E-state index contributed by atoms with van der Waals surface area (Å²) in [7, 11) is 0. The number of morpholine rings is 1. The molecule has 1 saturated carbocycles. The lowest BCUT2D eigenvalue weighted by Gasteiger charge is -2.33. The fraction of sp³-hybridized carbons (Fsp3) is 0.533. The fourth-order valence-electron chi connectivity index (χ4n) is 2.66. The third-order valence-corrected chi connectivity index (χ3v) is 4.79. The first-order chi connectivity index (χ1) is 10.3. The number of aryl methyl sites for hydroxylation is 1. The molecule has 1 aliphatic heterocycles. The summed E-state index contributed by atoms with van der Waals surface area (Å²) in [6.07, 6.45) is 4.35. The molecule has 110 valence electrons. The summed E-state index contributed by atoms with van der Waals surface area (Å²) in [6, 6.07) is 2.08. The van der Waals surface area contributed by atoms with Crippen LogP contribution in [0.3, 0.4) is 0 Å². The van der Waals surface area contributed by atoms with Crippen LogP contribution >= 0.6 is 11.3 Å². The Morgan fingerprint density at radius 3 is 3.00 bits per heavy atom. The van der Waals surface area contributed by atoms with Crippen molar-refractivity contribution in [2.45, 2.75) is 31.8 Å². The molecule has 3 heterocycles. The molecule has 0 bridgehead atoms. The van der Waals surface area contributed by atoms with Crippen LogP contribution in [0.15, 0.2) is 17.6 Å². The summed E-state index contributed by atoms with van der Waals surface area (Å²) in [6.45, 7) is 4.46. The lowest BCUT2D eigenvalue weighted by atomic mass is 10.2. The van der Waals surface area contributed by atoms with Gasteiger partial charge in [0.15, 0.2) is 0 Å². The maximum atomic E-state index is 5.86. The van der Waals surface area contributed by atoms with Gasteiger partial charge in [-0.1, -0.05) is 0 Å². The first kappa shape index (κ1) is 13.2. The molecule has 0 unspecified atom stereocenters. The number of anilines is 1. The average Bonchev–Trinajstić information content (AvgIpc) is 3.22. The van der Waals surface area contributed by atoms with E-state index in [4.69, 9.17) is 9.72 Å². The van der Waals surface area contributed by atoms with Crippen LogP contribution in [0.2, 0.25) is 0 Å². The van der Waals surface area contributed by atoms with E-state index in [0.717, 1.165) is 35.4 Å². The van der Waals surface area contributed by atoms with Crippen molar-refractivity contribution < 1.29 is 4.74 Å². The molecule has 2 aromatic heterocycles. The topological polar surface area (TPSA) is 51.1 Å². The molecule has 6 heteroatoms. The molecular weight excluding hydrogens is 284 g/mol. The Labute approximate surface area is 128 Å². The lowest BCUT2D eigenvalue weighted by molar-refractivity contribution is 0.0393. The first-order valence-electron chi connectivity index (χ1n) is 7.41. The molecule has 2 fully saturated rings. The van der Waals surface area contributed by atoms with Gasteiger partial charge < -0.3 is 9.64 Å². The monoisotopic (exact) mass is 302 g/mol. The van der Waals surface area contributed by atoms with Gasteiger partial charge in [0.2, 0.25) is 0 Å². The Balaban J connectivity index is 1.57. The van der Waals surface area contributed by atoms with Gasteiger partial charge in [-0.15, -0.1) is 11.3 Å². The summed E-state index contributed by atoms with van der Waals surface area (Å²) in [4.78, 5) is 16.0. The molecule has 0 N–H and O–H groups in total. The highest BCUT2D eigenvalue weighted by molar-refractivity contribution is 7.09. The van der Waals surface area contributed by atoms with E-state index in [9.17, 15) is 0 Å². The SMILES string of the molecule is Cc1cc(N2CCO[C@@H](c3nccs3)C2)nc(C2CC2)n1. The Bertz CT molecular complexity index is 627. The van der Waals surface area contributed by atoms with Crippen molar-refractivity contribution in [2.24, 2.45) is 0 Å². The van der Waals surface area contributed by atoms with E-state index in [1.165, 1.54) is 12.8 Å². The van der Waals surface area contributed by atoms with Gasteiger partial charge in [0.25, 0.3) is 0 Å². The van der Waals surface area contributed by atoms with Crippen molar-refractivity contribution in [1.82, 2.24) is 15.0 Å². The molecule has 0 aromatic carbocycles. The van der Waals surface area contributed by atoms with Crippen LogP contribution in [-0.4, -0.2) is 34.6 Å². The second kappa shape index (κ2) is 5.35. The van der Waals surface area contributed by atoms with E-state index in [1.807, 2.05) is 11.6 Å². The molecular formula is C15H18N4OS. The Morgan fingerprint density at radius 1 is 1.33 bits per heavy atom. The second-order valence-corrected chi connectivity index (χ2v) is 6.60. The minimum absolute atomic E-state index is 0.0541. The quantitative estimate of drug-likeness (QED) is 0.872. The van der Waals surface area contributed by atoms with Crippen LogP contribution in [0.5, 0.6) is 0 Å². The van der Waals surface area contributed by atoms with Crippen LogP contribution in [0.25, 0.3) is 0 Å². The summed E-state index contributed by atoms with van der Waals surface area (Å²) in [5.41, 5.74) is 1.05. The number of rotatable bonds is 3. The van der Waals surface area contributed by atoms with Gasteiger partial charge in [-0.05, 0) is 19.8 Å². The van der Waals surface area contributed by atoms with Crippen molar-refractivity contribution in [2.75, 3.05) is 24.6 Å². The van der Waals surface area contributed by atoms with Crippen LogP contribution < -0.4 is 4.90 Å². The smallest absolute Gasteiger partial charge is 0.134 e. The number of hydrogen-bond acceptors (Lipinski definition) is 6. The van der Waals surface area contributed by atoms with Crippen molar-refractivity contribution in [3.63, 3.8) is 0 Å². The molecule has 0 spiro atoms. The van der Waals surface area contributed by atoms with E-state index < -0.39 is 0 Å². The van der Waals surface area contributed by atoms with E-state index in [-0.39, 0.29) is 6.10 Å². The molecule has 2 aromatic rings. The minimum atomic E-state index is 0.0541. The second-order valence-electron chi connectivity index (χ2n) is 5.68. The Kier molecular flexibility index (Phi) is 3.35. The fourth-order valence-corrected chi connectivity index (χ4v) is 3.34. The number of thiazole rings is 1. The third-order valence-electron chi connectivity index (χ3n) is 3.92. The van der Waals surface area contributed by atoms with Crippen LogP contribution in [0.1, 0.15) is 41.4 Å². The van der Waals surface area contributed by atoms with Gasteiger partial charge in [0.05, 0.1) is 13.2 Å². The maximum absolute atomic E-state index is 5.86. The van der Waals surface area contributed by atoms with E-state index in [0.29, 0.717) is 12.5 Å². The zero-order valence-electron chi connectivity index (χ0n) is 12.0. The molecule has 0 radical (unpaired) electrons. The molecule has 21 heavy (non-hydrogen) atoms. The van der Waals surface area contributed by atoms with Crippen molar-refractivity contribution in [1.29, 1.82) is 0 Å². The number of ether oxygens (including phenoxy) is 1. The number of aromatic nitrogens is 3. The molecule has 1 saturated heterocycles. The van der Waals surface area contributed by atoms with E-state index in [2.05, 4.69) is 27.9 Å². The molecule has 5 nitrogen and oxygen atoms in total. The highest BCUT2D eigenvalue weighted by Crippen LogP contribution is 2.39. The van der Waals surface area contributed by atoms with E-state index >= 15 is 0 Å². The molecule has 0 amide bonds. The lowest BCUT2D eigenvalue weighted by Crippen LogP contribution is -2.39. The van der Waals surface area contributed by atoms with E-state index in [1.54, 1.807) is 11.3 Å². The van der Waals surface area contributed by atoms with Gasteiger partial charge in [0, 0.05) is 35.8 Å². The van der Waals surface area contributed by atoms with Gasteiger partial charge in [-0.3, -0.25) is 0 Å². The minimum Gasteiger partial charge on any atom is -0.367 e. The number of nitrogens with zero attached hydrogens (tertiary/aromatic N) is 4. The summed E-state index contributed by atoms with van der Waals surface area (Å²) in [5, 5.41) is 3.05. The average molecular weight is 302 g/mol. The normalized spacial score (nSPS) is 22.5. The van der Waals surface area contributed by atoms with Crippen LogP contribution in [0, 0.1) is 6.92 Å². The zero-order valence-corrected chi connectivity index (χ0v) is 12.8. The maximum Gasteiger partial charge on any atom is 0.134 e. The largest absolute Gasteiger partial charge is 0.367 e. The standard InChI is InChI=1S/C15H18N4OS/c1-10-8-13(18-14(17-10)11-2-3-11)19-5-6-20-12(9-19)15-16-4-7-21-15/h4,7-8,11-12H,2-3,5-6,9H2,1H3/t12-/m1/s1.